The summed E-state index contributed by atoms with van der Waals surface area (Å²) in [5.41, 5.74) is 0. The smallest absolute Gasteiger partial charge is 0.199 e. The van der Waals surface area contributed by atoms with Gasteiger partial charge in [0.15, 0.2) is 6.29 Å². The molecular weight excluding hydrogens is 284 g/mol. The van der Waals surface area contributed by atoms with E-state index in [4.69, 9.17) is 9.47 Å². The lowest BCUT2D eigenvalue weighted by Gasteiger charge is -2.24. The van der Waals surface area contributed by atoms with Gasteiger partial charge in [0.1, 0.15) is 5.75 Å². The van der Waals surface area contributed by atoms with Crippen molar-refractivity contribution in [2.45, 2.75) is 25.6 Å². The van der Waals surface area contributed by atoms with Crippen LogP contribution >= 0.6 is 0 Å². The predicted molar refractivity (Wildman–Crippen MR) is 94.4 cm³/mol. The average Bonchev–Trinajstić information content (AvgIpc) is 2.62. The molecule has 5 rings (SSSR count). The zero-order valence-corrected chi connectivity index (χ0v) is 12.9. The maximum Gasteiger partial charge on any atom is 0.199 e. The summed E-state index contributed by atoms with van der Waals surface area (Å²) >= 11 is 0. The lowest BCUT2D eigenvalue weighted by Crippen LogP contribution is -2.25. The Bertz CT molecular complexity index is 967. The standard InChI is InChI=1S/C21H18O2/c1-2-13-22-19(6-1)23-18-12-10-16-8-7-14-4-3-5-15-9-11-17(18)21(16)20(14)15/h3-5,7-12,19H,1-2,6,13H2. The first-order valence-corrected chi connectivity index (χ1v) is 8.35. The monoisotopic (exact) mass is 302 g/mol. The van der Waals surface area contributed by atoms with E-state index in [9.17, 15) is 0 Å². The van der Waals surface area contributed by atoms with E-state index in [1.54, 1.807) is 0 Å². The van der Waals surface area contributed by atoms with Crippen LogP contribution in [0, 0.1) is 0 Å². The molecule has 1 aliphatic heterocycles. The van der Waals surface area contributed by atoms with E-state index in [-0.39, 0.29) is 6.29 Å². The molecule has 1 atom stereocenters. The molecule has 0 N–H and O–H groups in total. The van der Waals surface area contributed by atoms with E-state index in [2.05, 4.69) is 54.6 Å². The number of ether oxygens (including phenoxy) is 2. The summed E-state index contributed by atoms with van der Waals surface area (Å²) in [5, 5.41) is 7.65. The van der Waals surface area contributed by atoms with Gasteiger partial charge in [0.2, 0.25) is 0 Å². The van der Waals surface area contributed by atoms with Crippen molar-refractivity contribution in [1.82, 2.24) is 0 Å². The first kappa shape index (κ1) is 13.1. The van der Waals surface area contributed by atoms with Crippen molar-refractivity contribution < 1.29 is 9.47 Å². The molecule has 0 saturated carbocycles. The van der Waals surface area contributed by atoms with Crippen molar-refractivity contribution in [3.63, 3.8) is 0 Å². The third-order valence-corrected chi connectivity index (χ3v) is 4.88. The largest absolute Gasteiger partial charge is 0.464 e. The van der Waals surface area contributed by atoms with Gasteiger partial charge in [-0.05, 0) is 46.5 Å². The van der Waals surface area contributed by atoms with Gasteiger partial charge in [-0.2, -0.15) is 0 Å². The third kappa shape index (κ3) is 2.06. The van der Waals surface area contributed by atoms with Gasteiger partial charge in [-0.15, -0.1) is 0 Å². The summed E-state index contributed by atoms with van der Waals surface area (Å²) in [5.74, 6) is 0.933. The summed E-state index contributed by atoms with van der Waals surface area (Å²) in [4.78, 5) is 0. The SMILES string of the molecule is c1cc2ccc3ccc(OC4CCCCO4)c4ccc(c1)c2c34. The van der Waals surface area contributed by atoms with Crippen LogP contribution in [0.15, 0.2) is 54.6 Å². The Morgan fingerprint density at radius 3 is 2.30 bits per heavy atom. The zero-order valence-electron chi connectivity index (χ0n) is 12.9. The maximum absolute atomic E-state index is 6.19. The lowest BCUT2D eigenvalue weighted by atomic mass is 9.94. The molecule has 1 unspecified atom stereocenters. The van der Waals surface area contributed by atoms with Crippen LogP contribution in [0.3, 0.4) is 0 Å². The number of benzene rings is 4. The molecule has 4 aromatic rings. The number of hydrogen-bond acceptors (Lipinski definition) is 2. The molecule has 23 heavy (non-hydrogen) atoms. The minimum Gasteiger partial charge on any atom is -0.464 e. The topological polar surface area (TPSA) is 18.5 Å². The summed E-state index contributed by atoms with van der Waals surface area (Å²) < 4.78 is 11.9. The van der Waals surface area contributed by atoms with Gasteiger partial charge in [-0.1, -0.05) is 42.5 Å². The van der Waals surface area contributed by atoms with E-state index in [1.807, 2.05) is 0 Å². The molecule has 114 valence electrons. The minimum absolute atomic E-state index is 0.109. The van der Waals surface area contributed by atoms with Crippen LogP contribution in [0.25, 0.3) is 32.3 Å². The van der Waals surface area contributed by atoms with E-state index >= 15 is 0 Å². The Hall–Kier alpha value is -2.32. The Balaban J connectivity index is 1.74. The summed E-state index contributed by atoms with van der Waals surface area (Å²) in [7, 11) is 0. The zero-order chi connectivity index (χ0) is 15.2. The van der Waals surface area contributed by atoms with Crippen molar-refractivity contribution in [3.8, 4) is 5.75 Å². The fraction of sp³-hybridized carbons (Fsp3) is 0.238. The van der Waals surface area contributed by atoms with Crippen LogP contribution in [-0.2, 0) is 4.74 Å². The second kappa shape index (κ2) is 5.10. The molecule has 0 spiro atoms. The lowest BCUT2D eigenvalue weighted by molar-refractivity contribution is -0.105. The van der Waals surface area contributed by atoms with E-state index in [0.717, 1.165) is 25.2 Å². The fourth-order valence-corrected chi connectivity index (χ4v) is 3.76. The van der Waals surface area contributed by atoms with Gasteiger partial charge in [0.25, 0.3) is 0 Å². The predicted octanol–water partition coefficient (Wildman–Crippen LogP) is 5.49. The molecule has 0 bridgehead atoms. The van der Waals surface area contributed by atoms with Gasteiger partial charge >= 0.3 is 0 Å². The quantitative estimate of drug-likeness (QED) is 0.456. The summed E-state index contributed by atoms with van der Waals surface area (Å²) in [6, 6.07) is 19.5. The number of hydrogen-bond donors (Lipinski definition) is 0. The molecule has 1 heterocycles. The van der Waals surface area contributed by atoms with Crippen LogP contribution < -0.4 is 4.74 Å². The van der Waals surface area contributed by atoms with Gasteiger partial charge < -0.3 is 9.47 Å². The normalized spacial score (nSPS) is 18.9. The highest BCUT2D eigenvalue weighted by atomic mass is 16.7. The van der Waals surface area contributed by atoms with Crippen molar-refractivity contribution in [2.75, 3.05) is 6.61 Å². The van der Waals surface area contributed by atoms with Crippen molar-refractivity contribution in [1.29, 1.82) is 0 Å². The van der Waals surface area contributed by atoms with Crippen molar-refractivity contribution in [2.24, 2.45) is 0 Å². The fourth-order valence-electron chi connectivity index (χ4n) is 3.76. The first-order valence-electron chi connectivity index (χ1n) is 8.35. The van der Waals surface area contributed by atoms with Gasteiger partial charge in [-0.25, -0.2) is 0 Å². The second-order valence-electron chi connectivity index (χ2n) is 6.33. The van der Waals surface area contributed by atoms with Crippen LogP contribution in [0.4, 0.5) is 0 Å². The first-order chi connectivity index (χ1) is 11.4. The molecule has 0 aromatic heterocycles. The van der Waals surface area contributed by atoms with Crippen molar-refractivity contribution >= 4 is 32.3 Å². The molecule has 0 aliphatic carbocycles. The molecule has 4 aromatic carbocycles. The minimum atomic E-state index is -0.109. The van der Waals surface area contributed by atoms with E-state index in [1.165, 1.54) is 38.7 Å². The summed E-state index contributed by atoms with van der Waals surface area (Å²) in [6.45, 7) is 0.802. The number of rotatable bonds is 2. The maximum atomic E-state index is 6.19. The molecule has 0 amide bonds. The van der Waals surface area contributed by atoms with Gasteiger partial charge in [0, 0.05) is 17.2 Å². The Labute approximate surface area is 135 Å². The second-order valence-corrected chi connectivity index (χ2v) is 6.33. The third-order valence-electron chi connectivity index (χ3n) is 4.88. The van der Waals surface area contributed by atoms with Crippen LogP contribution in [0.2, 0.25) is 0 Å². The average molecular weight is 302 g/mol. The molecule has 2 nitrogen and oxygen atoms in total. The highest BCUT2D eigenvalue weighted by molar-refractivity contribution is 6.24. The Morgan fingerprint density at radius 1 is 0.783 bits per heavy atom. The van der Waals surface area contributed by atoms with Crippen LogP contribution in [0.1, 0.15) is 19.3 Å². The highest BCUT2D eigenvalue weighted by Gasteiger charge is 2.18. The highest BCUT2D eigenvalue weighted by Crippen LogP contribution is 2.39. The molecule has 1 saturated heterocycles. The van der Waals surface area contributed by atoms with Crippen molar-refractivity contribution in [3.05, 3.63) is 54.6 Å². The Kier molecular flexibility index (Phi) is 2.92. The Morgan fingerprint density at radius 2 is 1.52 bits per heavy atom. The van der Waals surface area contributed by atoms with Gasteiger partial charge in [-0.3, -0.25) is 0 Å². The molecule has 0 radical (unpaired) electrons. The van der Waals surface area contributed by atoms with E-state index in [0.29, 0.717) is 0 Å². The van der Waals surface area contributed by atoms with Crippen LogP contribution in [0.5, 0.6) is 5.75 Å². The van der Waals surface area contributed by atoms with Gasteiger partial charge in [0.05, 0.1) is 6.61 Å². The summed E-state index contributed by atoms with van der Waals surface area (Å²) in [6.07, 6.45) is 3.18. The molecule has 2 heteroatoms. The molecule has 1 aliphatic rings. The van der Waals surface area contributed by atoms with Crippen LogP contribution in [-0.4, -0.2) is 12.9 Å². The molecular formula is C21H18O2. The molecule has 1 fully saturated rings. The van der Waals surface area contributed by atoms with E-state index < -0.39 is 0 Å².